The molecule has 2 rings (SSSR count). The van der Waals surface area contributed by atoms with Crippen LogP contribution in [-0.2, 0) is 9.53 Å². The second-order valence-corrected chi connectivity index (χ2v) is 6.17. The van der Waals surface area contributed by atoms with Gasteiger partial charge in [-0.05, 0) is 59.7 Å². The molecule has 1 aliphatic carbocycles. The highest BCUT2D eigenvalue weighted by Gasteiger charge is 2.33. The molecule has 104 valence electrons. The van der Waals surface area contributed by atoms with Crippen molar-refractivity contribution in [3.8, 4) is 0 Å². The predicted molar refractivity (Wildman–Crippen MR) is 77.8 cm³/mol. The molecule has 0 bridgehead atoms. The Morgan fingerprint density at radius 2 is 2.32 bits per heavy atom. The Morgan fingerprint density at radius 1 is 1.53 bits per heavy atom. The maximum Gasteiger partial charge on any atom is 0.315 e. The fourth-order valence-corrected chi connectivity index (χ4v) is 2.80. The van der Waals surface area contributed by atoms with Crippen molar-refractivity contribution >= 4 is 21.9 Å². The van der Waals surface area contributed by atoms with E-state index in [0.717, 1.165) is 16.6 Å². The lowest BCUT2D eigenvalue weighted by atomic mass is 9.70. The first kappa shape index (κ1) is 14.5. The molecule has 0 N–H and O–H groups in total. The molecule has 0 spiro atoms. The van der Waals surface area contributed by atoms with Crippen molar-refractivity contribution in [3.63, 3.8) is 0 Å². The Kier molecular flexibility index (Phi) is 4.97. The fourth-order valence-electron chi connectivity index (χ4n) is 2.56. The summed E-state index contributed by atoms with van der Waals surface area (Å²) in [6, 6.07) is 3.84. The van der Waals surface area contributed by atoms with E-state index in [1.165, 1.54) is 12.8 Å². The lowest BCUT2D eigenvalue weighted by molar-refractivity contribution is -0.145. The van der Waals surface area contributed by atoms with Gasteiger partial charge in [0.1, 0.15) is 0 Å². The molecule has 1 aromatic rings. The first-order chi connectivity index (χ1) is 9.11. The average Bonchev–Trinajstić information content (AvgIpc) is 2.39. The summed E-state index contributed by atoms with van der Waals surface area (Å²) in [5, 5.41) is 0. The molecule has 1 aromatic heterocycles. The van der Waals surface area contributed by atoms with Crippen molar-refractivity contribution in [2.75, 3.05) is 6.61 Å². The van der Waals surface area contributed by atoms with Crippen LogP contribution in [0.3, 0.4) is 0 Å². The Hall–Kier alpha value is -0.900. The molecule has 0 amide bonds. The monoisotopic (exact) mass is 325 g/mol. The molecule has 0 aliphatic heterocycles. The molecule has 0 saturated heterocycles. The number of rotatable bonds is 5. The second kappa shape index (κ2) is 6.51. The number of pyridine rings is 1. The fraction of sp³-hybridized carbons (Fsp3) is 0.600. The third-order valence-corrected chi connectivity index (χ3v) is 4.48. The van der Waals surface area contributed by atoms with Gasteiger partial charge >= 0.3 is 5.97 Å². The summed E-state index contributed by atoms with van der Waals surface area (Å²) in [5.74, 6) is 0.976. The Morgan fingerprint density at radius 3 is 2.79 bits per heavy atom. The summed E-state index contributed by atoms with van der Waals surface area (Å²) in [5.41, 5.74) is 0.820. The third-order valence-electron chi connectivity index (χ3n) is 4.01. The molecule has 3 atom stereocenters. The quantitative estimate of drug-likeness (QED) is 0.770. The molecule has 3 unspecified atom stereocenters. The van der Waals surface area contributed by atoms with Gasteiger partial charge in [0, 0.05) is 10.7 Å². The molecular formula is C15H20BrNO2. The zero-order valence-electron chi connectivity index (χ0n) is 11.4. The molecule has 4 heteroatoms. The number of hydrogen-bond acceptors (Lipinski definition) is 3. The van der Waals surface area contributed by atoms with E-state index >= 15 is 0 Å². The molecule has 1 fully saturated rings. The van der Waals surface area contributed by atoms with Gasteiger partial charge < -0.3 is 4.74 Å². The van der Waals surface area contributed by atoms with E-state index in [9.17, 15) is 4.79 Å². The maximum atomic E-state index is 12.1. The van der Waals surface area contributed by atoms with Gasteiger partial charge in [-0.1, -0.05) is 13.3 Å². The van der Waals surface area contributed by atoms with Gasteiger partial charge in [0.05, 0.1) is 18.2 Å². The minimum atomic E-state index is -0.221. The van der Waals surface area contributed by atoms with Gasteiger partial charge in [0.25, 0.3) is 0 Å². The van der Waals surface area contributed by atoms with Crippen molar-refractivity contribution in [2.24, 2.45) is 11.8 Å². The van der Waals surface area contributed by atoms with E-state index in [1.54, 1.807) is 6.20 Å². The highest BCUT2D eigenvalue weighted by atomic mass is 79.9. The van der Waals surface area contributed by atoms with Gasteiger partial charge in [-0.25, -0.2) is 0 Å². The summed E-state index contributed by atoms with van der Waals surface area (Å²) in [4.78, 5) is 16.5. The number of carbonyl (C=O) groups excluding carboxylic acids is 1. The van der Waals surface area contributed by atoms with Gasteiger partial charge in [0.15, 0.2) is 0 Å². The number of halogens is 1. The molecule has 0 radical (unpaired) electrons. The number of ether oxygens (including phenoxy) is 1. The van der Waals surface area contributed by atoms with E-state index in [4.69, 9.17) is 4.74 Å². The molecule has 1 aliphatic rings. The third kappa shape index (κ3) is 3.56. The van der Waals surface area contributed by atoms with Gasteiger partial charge in [-0.3, -0.25) is 9.78 Å². The number of esters is 1. The normalized spacial score (nSPS) is 23.5. The Labute approximate surface area is 122 Å². The summed E-state index contributed by atoms with van der Waals surface area (Å²) in [6.07, 6.45) is 5.09. The Balaban J connectivity index is 2.13. The first-order valence-corrected chi connectivity index (χ1v) is 7.69. The van der Waals surface area contributed by atoms with Crippen LogP contribution in [0.25, 0.3) is 0 Å². The number of nitrogens with zero attached hydrogens (tertiary/aromatic N) is 1. The molecule has 3 nitrogen and oxygen atoms in total. The van der Waals surface area contributed by atoms with Crippen molar-refractivity contribution in [1.29, 1.82) is 0 Å². The minimum Gasteiger partial charge on any atom is -0.465 e. The van der Waals surface area contributed by atoms with Crippen molar-refractivity contribution in [1.82, 2.24) is 4.98 Å². The van der Waals surface area contributed by atoms with E-state index < -0.39 is 0 Å². The minimum absolute atomic E-state index is 0.142. The van der Waals surface area contributed by atoms with Crippen molar-refractivity contribution in [3.05, 3.63) is 28.5 Å². The van der Waals surface area contributed by atoms with Crippen LogP contribution in [-0.4, -0.2) is 17.6 Å². The topological polar surface area (TPSA) is 39.2 Å². The molecule has 0 aromatic carbocycles. The smallest absolute Gasteiger partial charge is 0.315 e. The average molecular weight is 326 g/mol. The van der Waals surface area contributed by atoms with Crippen LogP contribution in [0.15, 0.2) is 22.8 Å². The van der Waals surface area contributed by atoms with Crippen LogP contribution < -0.4 is 0 Å². The maximum absolute atomic E-state index is 12.1. The highest BCUT2D eigenvalue weighted by molar-refractivity contribution is 9.10. The first-order valence-electron chi connectivity index (χ1n) is 6.90. The predicted octanol–water partition coefficient (Wildman–Crippen LogP) is 3.93. The van der Waals surface area contributed by atoms with E-state index in [0.29, 0.717) is 18.4 Å². The van der Waals surface area contributed by atoms with Gasteiger partial charge in [-0.2, -0.15) is 0 Å². The number of aromatic nitrogens is 1. The zero-order chi connectivity index (χ0) is 13.8. The molecule has 1 saturated carbocycles. The van der Waals surface area contributed by atoms with E-state index in [1.807, 2.05) is 19.1 Å². The van der Waals surface area contributed by atoms with Crippen LogP contribution in [0.4, 0.5) is 0 Å². The van der Waals surface area contributed by atoms with Crippen molar-refractivity contribution in [2.45, 2.75) is 39.0 Å². The van der Waals surface area contributed by atoms with Crippen LogP contribution in [0.2, 0.25) is 0 Å². The zero-order valence-corrected chi connectivity index (χ0v) is 13.0. The summed E-state index contributed by atoms with van der Waals surface area (Å²) < 4.78 is 6.13. The molecular weight excluding hydrogens is 306 g/mol. The largest absolute Gasteiger partial charge is 0.465 e. The number of hydrogen-bond donors (Lipinski definition) is 0. The van der Waals surface area contributed by atoms with Crippen LogP contribution in [0.1, 0.15) is 44.7 Å². The summed E-state index contributed by atoms with van der Waals surface area (Å²) >= 11 is 3.37. The van der Waals surface area contributed by atoms with Gasteiger partial charge in [-0.15, -0.1) is 0 Å². The number of carbonyl (C=O) groups is 1. The van der Waals surface area contributed by atoms with Crippen molar-refractivity contribution < 1.29 is 9.53 Å². The van der Waals surface area contributed by atoms with Crippen LogP contribution in [0, 0.1) is 11.8 Å². The SMILES string of the molecule is CCOC(=O)C(CC1CCC1C)c1ccc(Br)cn1. The standard InChI is InChI=1S/C15H20BrNO2/c1-3-19-15(18)13(8-11-5-4-10(11)2)14-7-6-12(16)9-17-14/h6-7,9-11,13H,3-5,8H2,1-2H3. The summed E-state index contributed by atoms with van der Waals surface area (Å²) in [6.45, 7) is 4.52. The second-order valence-electron chi connectivity index (χ2n) is 5.26. The molecule has 19 heavy (non-hydrogen) atoms. The van der Waals surface area contributed by atoms with Gasteiger partial charge in [0.2, 0.25) is 0 Å². The lowest BCUT2D eigenvalue weighted by Crippen LogP contribution is -2.28. The van der Waals surface area contributed by atoms with Crippen LogP contribution in [0.5, 0.6) is 0 Å². The lowest BCUT2D eigenvalue weighted by Gasteiger charge is -2.35. The van der Waals surface area contributed by atoms with E-state index in [2.05, 4.69) is 27.8 Å². The Bertz CT molecular complexity index is 432. The highest BCUT2D eigenvalue weighted by Crippen LogP contribution is 2.40. The van der Waals surface area contributed by atoms with Crippen LogP contribution >= 0.6 is 15.9 Å². The van der Waals surface area contributed by atoms with E-state index in [-0.39, 0.29) is 11.9 Å². The summed E-state index contributed by atoms with van der Waals surface area (Å²) in [7, 11) is 0. The molecule has 1 heterocycles.